The molecule has 0 saturated heterocycles. The van der Waals surface area contributed by atoms with Crippen molar-refractivity contribution in [1.82, 2.24) is 19.6 Å². The van der Waals surface area contributed by atoms with E-state index in [9.17, 15) is 4.79 Å². The molecular weight excluding hydrogens is 294 g/mol. The zero-order chi connectivity index (χ0) is 15.6. The molecule has 4 aromatic rings. The highest BCUT2D eigenvalue weighted by molar-refractivity contribution is 6.03. The third-order valence-electron chi connectivity index (χ3n) is 3.33. The molecule has 0 fully saturated rings. The highest BCUT2D eigenvalue weighted by atomic mass is 16.3. The Bertz CT molecular complexity index is 961. The van der Waals surface area contributed by atoms with E-state index in [1.54, 1.807) is 35.4 Å². The van der Waals surface area contributed by atoms with Crippen molar-refractivity contribution in [3.8, 4) is 11.1 Å². The average molecular weight is 305 g/mol. The maximum atomic E-state index is 12.1. The Balaban J connectivity index is 1.63. The predicted molar refractivity (Wildman–Crippen MR) is 82.9 cm³/mol. The van der Waals surface area contributed by atoms with Crippen LogP contribution in [0.5, 0.6) is 0 Å². The maximum Gasteiger partial charge on any atom is 0.259 e. The van der Waals surface area contributed by atoms with Crippen LogP contribution < -0.4 is 5.32 Å². The molecule has 0 saturated carbocycles. The van der Waals surface area contributed by atoms with Gasteiger partial charge in [-0.15, -0.1) is 5.10 Å². The van der Waals surface area contributed by atoms with E-state index in [2.05, 4.69) is 20.4 Å². The number of rotatable bonds is 3. The van der Waals surface area contributed by atoms with Gasteiger partial charge in [-0.3, -0.25) is 15.1 Å². The van der Waals surface area contributed by atoms with Crippen molar-refractivity contribution in [2.75, 3.05) is 5.32 Å². The van der Waals surface area contributed by atoms with Gasteiger partial charge >= 0.3 is 0 Å². The van der Waals surface area contributed by atoms with E-state index in [0.29, 0.717) is 11.2 Å². The first-order valence-electron chi connectivity index (χ1n) is 6.90. The number of fused-ring (bicyclic) bond motifs is 1. The molecular formula is C16H11N5O2. The van der Waals surface area contributed by atoms with Gasteiger partial charge in [-0.1, -0.05) is 0 Å². The minimum Gasteiger partial charge on any atom is -0.472 e. The monoisotopic (exact) mass is 305 g/mol. The minimum absolute atomic E-state index is 0.239. The van der Waals surface area contributed by atoms with Gasteiger partial charge in [0.1, 0.15) is 0 Å². The summed E-state index contributed by atoms with van der Waals surface area (Å²) in [6.07, 6.45) is 8.19. The van der Waals surface area contributed by atoms with Gasteiger partial charge in [-0.05, 0) is 30.3 Å². The average Bonchev–Trinajstić information content (AvgIpc) is 3.24. The molecule has 1 N–H and O–H groups in total. The van der Waals surface area contributed by atoms with Crippen molar-refractivity contribution in [2.24, 2.45) is 0 Å². The molecule has 4 aromatic heterocycles. The Morgan fingerprint density at radius 3 is 2.91 bits per heavy atom. The lowest BCUT2D eigenvalue weighted by molar-refractivity contribution is 0.102. The lowest BCUT2D eigenvalue weighted by Gasteiger charge is -1.99. The lowest BCUT2D eigenvalue weighted by atomic mass is 10.1. The van der Waals surface area contributed by atoms with Crippen molar-refractivity contribution in [2.45, 2.75) is 0 Å². The molecule has 0 aliphatic rings. The second-order valence-corrected chi connectivity index (χ2v) is 4.86. The van der Waals surface area contributed by atoms with Gasteiger partial charge in [-0.2, -0.15) is 4.98 Å². The fraction of sp³-hybridized carbons (Fsp3) is 0. The first-order chi connectivity index (χ1) is 11.3. The number of furan rings is 1. The van der Waals surface area contributed by atoms with E-state index in [4.69, 9.17) is 4.42 Å². The molecule has 112 valence electrons. The van der Waals surface area contributed by atoms with Gasteiger partial charge in [0.25, 0.3) is 5.91 Å². The summed E-state index contributed by atoms with van der Waals surface area (Å²) in [5.74, 6) is -0.0627. The summed E-state index contributed by atoms with van der Waals surface area (Å²) in [6, 6.07) is 8.98. The van der Waals surface area contributed by atoms with Crippen molar-refractivity contribution < 1.29 is 9.21 Å². The third kappa shape index (κ3) is 2.55. The van der Waals surface area contributed by atoms with Gasteiger partial charge < -0.3 is 4.42 Å². The molecule has 7 heteroatoms. The second-order valence-electron chi connectivity index (χ2n) is 4.86. The van der Waals surface area contributed by atoms with E-state index in [1.165, 1.54) is 6.20 Å². The van der Waals surface area contributed by atoms with E-state index in [0.717, 1.165) is 11.1 Å². The second kappa shape index (κ2) is 5.38. The molecule has 1 amide bonds. The lowest BCUT2D eigenvalue weighted by Crippen LogP contribution is -2.13. The highest BCUT2D eigenvalue weighted by Crippen LogP contribution is 2.20. The van der Waals surface area contributed by atoms with Gasteiger partial charge in [0.05, 0.1) is 18.1 Å². The number of nitrogens with zero attached hydrogens (tertiary/aromatic N) is 4. The van der Waals surface area contributed by atoms with Crippen LogP contribution >= 0.6 is 0 Å². The fourth-order valence-electron chi connectivity index (χ4n) is 2.21. The normalized spacial score (nSPS) is 10.8. The Morgan fingerprint density at radius 1 is 1.17 bits per heavy atom. The van der Waals surface area contributed by atoms with E-state index < -0.39 is 0 Å². The highest BCUT2D eigenvalue weighted by Gasteiger charge is 2.10. The van der Waals surface area contributed by atoms with Crippen LogP contribution in [0.2, 0.25) is 0 Å². The molecule has 4 heterocycles. The molecule has 0 radical (unpaired) electrons. The summed E-state index contributed by atoms with van der Waals surface area (Å²) in [4.78, 5) is 20.3. The molecule has 0 aliphatic carbocycles. The van der Waals surface area contributed by atoms with Crippen LogP contribution in [0.4, 0.5) is 5.95 Å². The summed E-state index contributed by atoms with van der Waals surface area (Å²) in [7, 11) is 0. The van der Waals surface area contributed by atoms with Crippen LogP contribution in [0.1, 0.15) is 10.4 Å². The van der Waals surface area contributed by atoms with Gasteiger partial charge in [0.15, 0.2) is 5.65 Å². The maximum absolute atomic E-state index is 12.1. The number of nitrogens with one attached hydrogen (secondary N) is 1. The molecule has 0 aliphatic heterocycles. The van der Waals surface area contributed by atoms with Crippen LogP contribution in [0, 0.1) is 0 Å². The van der Waals surface area contributed by atoms with Gasteiger partial charge in [-0.25, -0.2) is 4.52 Å². The molecule has 7 nitrogen and oxygen atoms in total. The summed E-state index contributed by atoms with van der Waals surface area (Å²) >= 11 is 0. The number of aromatic nitrogens is 4. The smallest absolute Gasteiger partial charge is 0.259 e. The molecule has 0 atom stereocenters. The summed E-state index contributed by atoms with van der Waals surface area (Å²) < 4.78 is 6.69. The number of amides is 1. The largest absolute Gasteiger partial charge is 0.472 e. The molecule has 23 heavy (non-hydrogen) atoms. The first kappa shape index (κ1) is 13.2. The van der Waals surface area contributed by atoms with E-state index >= 15 is 0 Å². The number of hydrogen-bond donors (Lipinski definition) is 1. The standard InChI is InChI=1S/C16H11N5O2/c22-15(11-2-1-6-17-8-11)19-16-18-14-4-3-12(9-21(14)20-16)13-5-7-23-10-13/h1-10H,(H,19,20,22). The molecule has 4 rings (SSSR count). The van der Waals surface area contributed by atoms with Crippen molar-refractivity contribution in [3.63, 3.8) is 0 Å². The molecule has 0 aromatic carbocycles. The zero-order valence-electron chi connectivity index (χ0n) is 11.9. The van der Waals surface area contributed by atoms with Crippen molar-refractivity contribution in [3.05, 3.63) is 67.0 Å². The van der Waals surface area contributed by atoms with Crippen LogP contribution in [0.3, 0.4) is 0 Å². The van der Waals surface area contributed by atoms with Crippen LogP contribution in [-0.4, -0.2) is 25.5 Å². The fourth-order valence-corrected chi connectivity index (χ4v) is 2.21. The molecule has 0 bridgehead atoms. The number of carbonyl (C=O) groups is 1. The van der Waals surface area contributed by atoms with Crippen molar-refractivity contribution >= 4 is 17.5 Å². The minimum atomic E-state index is -0.302. The van der Waals surface area contributed by atoms with E-state index in [-0.39, 0.29) is 11.9 Å². The molecule has 0 spiro atoms. The zero-order valence-corrected chi connectivity index (χ0v) is 11.9. The van der Waals surface area contributed by atoms with Crippen LogP contribution in [0.15, 0.2) is 65.9 Å². The topological polar surface area (TPSA) is 85.3 Å². The van der Waals surface area contributed by atoms with Crippen LogP contribution in [0.25, 0.3) is 16.8 Å². The summed E-state index contributed by atoms with van der Waals surface area (Å²) in [6.45, 7) is 0. The Morgan fingerprint density at radius 2 is 2.13 bits per heavy atom. The first-order valence-corrected chi connectivity index (χ1v) is 6.90. The quantitative estimate of drug-likeness (QED) is 0.629. The Kier molecular flexibility index (Phi) is 3.09. The number of hydrogen-bond acceptors (Lipinski definition) is 5. The number of pyridine rings is 2. The van der Waals surface area contributed by atoms with Crippen LogP contribution in [-0.2, 0) is 0 Å². The summed E-state index contributed by atoms with van der Waals surface area (Å²) in [5, 5.41) is 6.93. The third-order valence-corrected chi connectivity index (χ3v) is 3.33. The SMILES string of the molecule is O=C(Nc1nc2ccc(-c3ccoc3)cn2n1)c1cccnc1. The van der Waals surface area contributed by atoms with Gasteiger partial charge in [0, 0.05) is 29.7 Å². The molecule has 0 unspecified atom stereocenters. The van der Waals surface area contributed by atoms with E-state index in [1.807, 2.05) is 24.4 Å². The Hall–Kier alpha value is -3.48. The predicted octanol–water partition coefficient (Wildman–Crippen LogP) is 2.64. The summed E-state index contributed by atoms with van der Waals surface area (Å²) in [5.41, 5.74) is 2.98. The van der Waals surface area contributed by atoms with Gasteiger partial charge in [0.2, 0.25) is 5.95 Å². The van der Waals surface area contributed by atoms with Crippen molar-refractivity contribution in [1.29, 1.82) is 0 Å². The number of anilines is 1. The number of carbonyl (C=O) groups excluding carboxylic acids is 1. The Labute approximate surface area is 130 Å².